The van der Waals surface area contributed by atoms with Gasteiger partial charge >= 0.3 is 0 Å². The molecular formula is C13H15N3O2S. The van der Waals surface area contributed by atoms with E-state index in [2.05, 4.69) is 9.36 Å². The van der Waals surface area contributed by atoms with E-state index in [1.807, 2.05) is 13.8 Å². The SMILES string of the molecule is CC(=O)c1cc(N)ccc1Oc1nc(C(C)C)ns1. The Balaban J connectivity index is 2.29. The molecule has 0 amide bonds. The summed E-state index contributed by atoms with van der Waals surface area (Å²) in [7, 11) is 0. The van der Waals surface area contributed by atoms with Gasteiger partial charge < -0.3 is 10.5 Å². The Morgan fingerprint density at radius 2 is 2.16 bits per heavy atom. The summed E-state index contributed by atoms with van der Waals surface area (Å²) in [4.78, 5) is 15.8. The predicted molar refractivity (Wildman–Crippen MR) is 74.9 cm³/mol. The van der Waals surface area contributed by atoms with Crippen LogP contribution in [0.25, 0.3) is 0 Å². The fraction of sp³-hybridized carbons (Fsp3) is 0.308. The van der Waals surface area contributed by atoms with Crippen molar-refractivity contribution in [1.29, 1.82) is 0 Å². The van der Waals surface area contributed by atoms with Crippen LogP contribution in [0.2, 0.25) is 0 Å². The Kier molecular flexibility index (Phi) is 3.80. The van der Waals surface area contributed by atoms with E-state index in [4.69, 9.17) is 10.5 Å². The van der Waals surface area contributed by atoms with Crippen LogP contribution in [0.1, 0.15) is 42.9 Å². The van der Waals surface area contributed by atoms with Crippen LogP contribution in [-0.2, 0) is 0 Å². The molecule has 5 nitrogen and oxygen atoms in total. The van der Waals surface area contributed by atoms with Crippen molar-refractivity contribution < 1.29 is 9.53 Å². The standard InChI is InChI=1S/C13H15N3O2S/c1-7(2)12-15-13(19-16-12)18-11-5-4-9(14)6-10(11)8(3)17/h4-7H,14H2,1-3H3. The highest BCUT2D eigenvalue weighted by molar-refractivity contribution is 7.07. The monoisotopic (exact) mass is 277 g/mol. The maximum absolute atomic E-state index is 11.6. The molecule has 0 fully saturated rings. The number of ketones is 1. The summed E-state index contributed by atoms with van der Waals surface area (Å²) in [6.45, 7) is 5.49. The lowest BCUT2D eigenvalue weighted by Crippen LogP contribution is -1.99. The van der Waals surface area contributed by atoms with Crippen molar-refractivity contribution in [3.05, 3.63) is 29.6 Å². The van der Waals surface area contributed by atoms with Crippen molar-refractivity contribution >= 4 is 23.0 Å². The second kappa shape index (κ2) is 5.36. The van der Waals surface area contributed by atoms with Gasteiger partial charge in [0.25, 0.3) is 5.19 Å². The van der Waals surface area contributed by atoms with E-state index in [-0.39, 0.29) is 11.7 Å². The molecule has 100 valence electrons. The highest BCUT2D eigenvalue weighted by atomic mass is 32.1. The number of nitrogens with two attached hydrogens (primary N) is 1. The molecule has 1 aromatic carbocycles. The summed E-state index contributed by atoms with van der Waals surface area (Å²) in [5.74, 6) is 1.33. The number of Topliss-reactive ketones (excluding diaryl/α,β-unsaturated/α-hetero) is 1. The maximum Gasteiger partial charge on any atom is 0.298 e. The Hall–Kier alpha value is -1.95. The third kappa shape index (κ3) is 3.08. The number of nitrogen functional groups attached to an aromatic ring is 1. The van der Waals surface area contributed by atoms with E-state index < -0.39 is 0 Å². The summed E-state index contributed by atoms with van der Waals surface area (Å²) in [6.07, 6.45) is 0. The van der Waals surface area contributed by atoms with Gasteiger partial charge in [-0.3, -0.25) is 4.79 Å². The minimum atomic E-state index is -0.101. The molecule has 0 radical (unpaired) electrons. The molecule has 0 saturated heterocycles. The van der Waals surface area contributed by atoms with Gasteiger partial charge in [-0.15, -0.1) is 0 Å². The second-order valence-electron chi connectivity index (χ2n) is 4.49. The molecule has 0 aliphatic carbocycles. The summed E-state index contributed by atoms with van der Waals surface area (Å²) >= 11 is 1.17. The maximum atomic E-state index is 11.6. The Morgan fingerprint density at radius 3 is 2.74 bits per heavy atom. The molecule has 19 heavy (non-hydrogen) atoms. The van der Waals surface area contributed by atoms with E-state index in [0.29, 0.717) is 22.2 Å². The number of carbonyl (C=O) groups excluding carboxylic acids is 1. The first-order valence-corrected chi connectivity index (χ1v) is 6.66. The molecule has 0 aliphatic rings. The number of aromatic nitrogens is 2. The molecule has 0 saturated carbocycles. The molecule has 0 aliphatic heterocycles. The molecule has 1 heterocycles. The van der Waals surface area contributed by atoms with Gasteiger partial charge in [-0.2, -0.15) is 9.36 Å². The van der Waals surface area contributed by atoms with E-state index in [0.717, 1.165) is 5.82 Å². The molecular weight excluding hydrogens is 262 g/mol. The van der Waals surface area contributed by atoms with Crippen LogP contribution in [-0.4, -0.2) is 15.1 Å². The predicted octanol–water partition coefficient (Wildman–Crippen LogP) is 3.24. The molecule has 0 atom stereocenters. The topological polar surface area (TPSA) is 78.1 Å². The first-order chi connectivity index (χ1) is 8.97. The van der Waals surface area contributed by atoms with E-state index in [1.165, 1.54) is 18.5 Å². The minimum Gasteiger partial charge on any atom is -0.429 e. The number of carbonyl (C=O) groups is 1. The van der Waals surface area contributed by atoms with Crippen molar-refractivity contribution in [2.45, 2.75) is 26.7 Å². The summed E-state index contributed by atoms with van der Waals surface area (Å²) in [5, 5.41) is 0.427. The van der Waals surface area contributed by atoms with Crippen molar-refractivity contribution in [3.8, 4) is 10.9 Å². The van der Waals surface area contributed by atoms with E-state index in [1.54, 1.807) is 18.2 Å². The zero-order valence-corrected chi connectivity index (χ0v) is 11.8. The van der Waals surface area contributed by atoms with Crippen LogP contribution >= 0.6 is 11.5 Å². The zero-order valence-electron chi connectivity index (χ0n) is 11.0. The lowest BCUT2D eigenvalue weighted by molar-refractivity contribution is 0.101. The average Bonchev–Trinajstić information content (AvgIpc) is 2.80. The summed E-state index contributed by atoms with van der Waals surface area (Å²) in [6, 6.07) is 4.96. The van der Waals surface area contributed by atoms with Crippen molar-refractivity contribution in [3.63, 3.8) is 0 Å². The molecule has 6 heteroatoms. The minimum absolute atomic E-state index is 0.101. The van der Waals surface area contributed by atoms with Gasteiger partial charge in [-0.05, 0) is 25.1 Å². The second-order valence-corrected chi connectivity index (χ2v) is 5.20. The van der Waals surface area contributed by atoms with Gasteiger partial charge in [0.05, 0.1) is 5.56 Å². The van der Waals surface area contributed by atoms with Gasteiger partial charge in [0.15, 0.2) is 5.78 Å². The summed E-state index contributed by atoms with van der Waals surface area (Å²) < 4.78 is 9.83. The van der Waals surface area contributed by atoms with Crippen LogP contribution in [0.3, 0.4) is 0 Å². The van der Waals surface area contributed by atoms with E-state index in [9.17, 15) is 4.79 Å². The van der Waals surface area contributed by atoms with E-state index >= 15 is 0 Å². The van der Waals surface area contributed by atoms with Gasteiger partial charge in [0, 0.05) is 23.1 Å². The summed E-state index contributed by atoms with van der Waals surface area (Å²) in [5.41, 5.74) is 6.64. The fourth-order valence-corrected chi connectivity index (χ4v) is 2.19. The third-order valence-corrected chi connectivity index (χ3v) is 3.13. The number of nitrogens with zero attached hydrogens (tertiary/aromatic N) is 2. The van der Waals surface area contributed by atoms with Crippen LogP contribution < -0.4 is 10.5 Å². The number of benzene rings is 1. The van der Waals surface area contributed by atoms with Crippen LogP contribution in [0, 0.1) is 0 Å². The molecule has 2 rings (SSSR count). The number of ether oxygens (including phenoxy) is 1. The Morgan fingerprint density at radius 1 is 1.42 bits per heavy atom. The molecule has 2 aromatic rings. The number of rotatable bonds is 4. The fourth-order valence-electron chi connectivity index (χ4n) is 1.50. The van der Waals surface area contributed by atoms with Crippen LogP contribution in [0.5, 0.6) is 10.9 Å². The largest absolute Gasteiger partial charge is 0.429 e. The Labute approximate surface area is 115 Å². The average molecular weight is 277 g/mol. The normalized spacial score (nSPS) is 10.7. The lowest BCUT2D eigenvalue weighted by atomic mass is 10.1. The van der Waals surface area contributed by atoms with Crippen LogP contribution in [0.4, 0.5) is 5.69 Å². The lowest BCUT2D eigenvalue weighted by Gasteiger charge is -2.07. The number of hydrogen-bond donors (Lipinski definition) is 1. The van der Waals surface area contributed by atoms with Gasteiger partial charge in [0.2, 0.25) is 0 Å². The molecule has 0 unspecified atom stereocenters. The smallest absolute Gasteiger partial charge is 0.298 e. The van der Waals surface area contributed by atoms with Crippen molar-refractivity contribution in [2.24, 2.45) is 0 Å². The Bertz CT molecular complexity index is 608. The van der Waals surface area contributed by atoms with Crippen molar-refractivity contribution in [2.75, 3.05) is 5.73 Å². The van der Waals surface area contributed by atoms with Gasteiger partial charge in [0.1, 0.15) is 11.6 Å². The molecule has 2 N–H and O–H groups in total. The third-order valence-electron chi connectivity index (χ3n) is 2.52. The highest BCUT2D eigenvalue weighted by Crippen LogP contribution is 2.29. The number of anilines is 1. The zero-order chi connectivity index (χ0) is 14.0. The van der Waals surface area contributed by atoms with Crippen molar-refractivity contribution in [1.82, 2.24) is 9.36 Å². The quantitative estimate of drug-likeness (QED) is 0.685. The van der Waals surface area contributed by atoms with Gasteiger partial charge in [-0.25, -0.2) is 0 Å². The molecule has 1 aromatic heterocycles. The van der Waals surface area contributed by atoms with Gasteiger partial charge in [-0.1, -0.05) is 13.8 Å². The number of hydrogen-bond acceptors (Lipinski definition) is 6. The highest BCUT2D eigenvalue weighted by Gasteiger charge is 2.13. The molecule has 0 bridgehead atoms. The first-order valence-electron chi connectivity index (χ1n) is 5.89. The molecule has 0 spiro atoms. The van der Waals surface area contributed by atoms with Crippen LogP contribution in [0.15, 0.2) is 18.2 Å². The first kappa shape index (κ1) is 13.5.